The van der Waals surface area contributed by atoms with Crippen molar-refractivity contribution in [2.45, 2.75) is 26.8 Å². The Kier molecular flexibility index (Phi) is 5.53. The van der Waals surface area contributed by atoms with Gasteiger partial charge in [0.15, 0.2) is 5.78 Å². The van der Waals surface area contributed by atoms with Crippen molar-refractivity contribution >= 4 is 5.78 Å². The molecule has 1 aromatic rings. The fourth-order valence-electron chi connectivity index (χ4n) is 2.27. The molecule has 0 amide bonds. The van der Waals surface area contributed by atoms with Crippen LogP contribution in [0.2, 0.25) is 0 Å². The van der Waals surface area contributed by atoms with E-state index in [1.54, 1.807) is 7.11 Å². The Morgan fingerprint density at radius 2 is 1.95 bits per heavy atom. The Morgan fingerprint density at radius 1 is 1.37 bits per heavy atom. The van der Waals surface area contributed by atoms with Crippen molar-refractivity contribution in [2.75, 3.05) is 20.7 Å². The maximum atomic E-state index is 11.4. The minimum atomic E-state index is -0.0491. The second kappa shape index (κ2) is 6.91. The first-order valence-corrected chi connectivity index (χ1v) is 6.19. The molecule has 1 aromatic carbocycles. The topological polar surface area (TPSA) is 53.3 Å². The van der Waals surface area contributed by atoms with Crippen LogP contribution in [0.1, 0.15) is 23.1 Å². The van der Waals surface area contributed by atoms with Crippen LogP contribution in [0.5, 0.6) is 5.75 Å². The van der Waals surface area contributed by atoms with Crippen LogP contribution in [0.25, 0.3) is 0 Å². The van der Waals surface area contributed by atoms with Crippen LogP contribution in [0, 0.1) is 25.2 Å². The van der Waals surface area contributed by atoms with Crippen LogP contribution in [0.4, 0.5) is 0 Å². The van der Waals surface area contributed by atoms with Crippen LogP contribution >= 0.6 is 0 Å². The zero-order valence-electron chi connectivity index (χ0n) is 12.0. The summed E-state index contributed by atoms with van der Waals surface area (Å²) < 4.78 is 5.33. The van der Waals surface area contributed by atoms with E-state index < -0.39 is 0 Å². The first-order chi connectivity index (χ1) is 8.97. The molecule has 0 aliphatic rings. The molecule has 0 saturated heterocycles. The number of methoxy groups -OCH3 is 1. The number of rotatable bonds is 6. The van der Waals surface area contributed by atoms with Crippen molar-refractivity contribution in [3.63, 3.8) is 0 Å². The lowest BCUT2D eigenvalue weighted by atomic mass is 10.1. The van der Waals surface area contributed by atoms with Gasteiger partial charge in [0.2, 0.25) is 0 Å². The number of aryl methyl sites for hydroxylation is 2. The molecule has 0 aliphatic heterocycles. The summed E-state index contributed by atoms with van der Waals surface area (Å²) in [6.07, 6.45) is -0.0228. The van der Waals surface area contributed by atoms with Crippen molar-refractivity contribution in [1.82, 2.24) is 4.90 Å². The normalized spacial score (nSPS) is 10.3. The Bertz CT molecular complexity index is 480. The molecule has 0 radical (unpaired) electrons. The fourth-order valence-corrected chi connectivity index (χ4v) is 2.27. The van der Waals surface area contributed by atoms with Crippen LogP contribution in [-0.4, -0.2) is 31.4 Å². The number of hydrogen-bond acceptors (Lipinski definition) is 4. The van der Waals surface area contributed by atoms with E-state index in [1.165, 1.54) is 0 Å². The second-order valence-corrected chi connectivity index (χ2v) is 4.81. The van der Waals surface area contributed by atoms with E-state index in [2.05, 4.69) is 12.1 Å². The summed E-state index contributed by atoms with van der Waals surface area (Å²) in [6.45, 7) is 5.01. The number of carbonyl (C=O) groups is 1. The minimum absolute atomic E-state index is 0.0228. The molecule has 19 heavy (non-hydrogen) atoms. The minimum Gasteiger partial charge on any atom is -0.496 e. The number of likely N-dealkylation sites (N-methyl/N-ethyl adjacent to an activating group) is 1. The van der Waals surface area contributed by atoms with Crippen molar-refractivity contribution in [3.05, 3.63) is 28.8 Å². The van der Waals surface area contributed by atoms with Crippen LogP contribution in [0.15, 0.2) is 12.1 Å². The third kappa shape index (κ3) is 4.38. The summed E-state index contributed by atoms with van der Waals surface area (Å²) in [5, 5.41) is 8.47. The summed E-state index contributed by atoms with van der Waals surface area (Å²) >= 11 is 0. The Hall–Kier alpha value is -1.86. The summed E-state index contributed by atoms with van der Waals surface area (Å²) in [5.41, 5.74) is 3.33. The summed E-state index contributed by atoms with van der Waals surface area (Å²) in [4.78, 5) is 13.3. The lowest BCUT2D eigenvalue weighted by molar-refractivity contribution is -0.119. The Morgan fingerprint density at radius 3 is 2.42 bits per heavy atom. The largest absolute Gasteiger partial charge is 0.496 e. The van der Waals surface area contributed by atoms with Gasteiger partial charge in [-0.25, -0.2) is 0 Å². The van der Waals surface area contributed by atoms with E-state index in [0.717, 1.165) is 22.4 Å². The summed E-state index contributed by atoms with van der Waals surface area (Å²) in [6, 6.07) is 6.01. The van der Waals surface area contributed by atoms with E-state index >= 15 is 0 Å². The van der Waals surface area contributed by atoms with Gasteiger partial charge >= 0.3 is 0 Å². The van der Waals surface area contributed by atoms with E-state index in [0.29, 0.717) is 13.1 Å². The van der Waals surface area contributed by atoms with Gasteiger partial charge in [0.1, 0.15) is 5.75 Å². The molecule has 0 atom stereocenters. The van der Waals surface area contributed by atoms with Gasteiger partial charge in [0.25, 0.3) is 0 Å². The van der Waals surface area contributed by atoms with E-state index in [9.17, 15) is 4.79 Å². The van der Waals surface area contributed by atoms with Crippen molar-refractivity contribution < 1.29 is 9.53 Å². The molecule has 1 rings (SSSR count). The first-order valence-electron chi connectivity index (χ1n) is 6.19. The standard InChI is InChI=1S/C15H20N2O2/c1-11-7-13(8-12(2)15(11)19-4)9-17(3)10-14(18)5-6-16/h7-8H,5,9-10H2,1-4H3. The number of carbonyl (C=O) groups excluding carboxylic acids is 1. The molecule has 0 saturated carbocycles. The van der Waals surface area contributed by atoms with Gasteiger partial charge in [-0.2, -0.15) is 5.26 Å². The average molecular weight is 260 g/mol. The maximum absolute atomic E-state index is 11.4. The number of nitriles is 1. The molecular weight excluding hydrogens is 240 g/mol. The molecule has 4 nitrogen and oxygen atoms in total. The van der Waals surface area contributed by atoms with Crippen LogP contribution in [0.3, 0.4) is 0 Å². The molecule has 102 valence electrons. The zero-order chi connectivity index (χ0) is 14.4. The molecule has 0 aromatic heterocycles. The number of nitrogens with zero attached hydrogens (tertiary/aromatic N) is 2. The van der Waals surface area contributed by atoms with Gasteiger partial charge in [-0.3, -0.25) is 9.69 Å². The van der Waals surface area contributed by atoms with Gasteiger partial charge in [-0.05, 0) is 37.6 Å². The van der Waals surface area contributed by atoms with Crippen molar-refractivity contribution in [1.29, 1.82) is 5.26 Å². The lowest BCUT2D eigenvalue weighted by Gasteiger charge is -2.17. The summed E-state index contributed by atoms with van der Waals surface area (Å²) in [5.74, 6) is 0.860. The predicted molar refractivity (Wildman–Crippen MR) is 74.0 cm³/mol. The van der Waals surface area contributed by atoms with E-state index in [-0.39, 0.29) is 12.2 Å². The molecule has 0 heterocycles. The number of benzene rings is 1. The highest BCUT2D eigenvalue weighted by atomic mass is 16.5. The van der Waals surface area contributed by atoms with Gasteiger partial charge < -0.3 is 4.74 Å². The number of Topliss-reactive ketones (excluding diaryl/α,β-unsaturated/α-hetero) is 1. The zero-order valence-corrected chi connectivity index (χ0v) is 12.0. The molecule has 0 unspecified atom stereocenters. The second-order valence-electron chi connectivity index (χ2n) is 4.81. The Labute approximate surface area is 114 Å². The SMILES string of the molecule is COc1c(C)cc(CN(C)CC(=O)CC#N)cc1C. The van der Waals surface area contributed by atoms with Crippen molar-refractivity contribution in [2.24, 2.45) is 0 Å². The third-order valence-electron chi connectivity index (χ3n) is 2.90. The quantitative estimate of drug-likeness (QED) is 0.787. The highest BCUT2D eigenvalue weighted by molar-refractivity contribution is 5.82. The van der Waals surface area contributed by atoms with E-state index in [4.69, 9.17) is 10.00 Å². The molecular formula is C15H20N2O2. The average Bonchev–Trinajstić information content (AvgIpc) is 2.28. The van der Waals surface area contributed by atoms with Gasteiger partial charge in [0, 0.05) is 6.54 Å². The van der Waals surface area contributed by atoms with Gasteiger partial charge in [-0.1, -0.05) is 12.1 Å². The molecule has 0 fully saturated rings. The highest BCUT2D eigenvalue weighted by Gasteiger charge is 2.09. The number of ketones is 1. The molecule has 0 bridgehead atoms. The summed E-state index contributed by atoms with van der Waals surface area (Å²) in [7, 11) is 3.55. The third-order valence-corrected chi connectivity index (χ3v) is 2.90. The van der Waals surface area contributed by atoms with E-state index in [1.807, 2.05) is 31.9 Å². The smallest absolute Gasteiger partial charge is 0.160 e. The van der Waals surface area contributed by atoms with Gasteiger partial charge in [-0.15, -0.1) is 0 Å². The van der Waals surface area contributed by atoms with Crippen LogP contribution < -0.4 is 4.74 Å². The highest BCUT2D eigenvalue weighted by Crippen LogP contribution is 2.24. The monoisotopic (exact) mass is 260 g/mol. The fraction of sp³-hybridized carbons (Fsp3) is 0.467. The number of hydrogen-bond donors (Lipinski definition) is 0. The van der Waals surface area contributed by atoms with Crippen LogP contribution in [-0.2, 0) is 11.3 Å². The number of ether oxygens (including phenoxy) is 1. The van der Waals surface area contributed by atoms with Crippen molar-refractivity contribution in [3.8, 4) is 11.8 Å². The lowest BCUT2D eigenvalue weighted by Crippen LogP contribution is -2.25. The maximum Gasteiger partial charge on any atom is 0.160 e. The van der Waals surface area contributed by atoms with Gasteiger partial charge in [0.05, 0.1) is 26.1 Å². The predicted octanol–water partition coefficient (Wildman–Crippen LogP) is 2.23. The molecule has 0 spiro atoms. The molecule has 0 aliphatic carbocycles. The Balaban J connectivity index is 2.73. The molecule has 4 heteroatoms. The first kappa shape index (κ1) is 15.2. The molecule has 0 N–H and O–H groups in total.